The second-order valence-corrected chi connectivity index (χ2v) is 6.21. The number of aromatic nitrogens is 3. The van der Waals surface area contributed by atoms with Gasteiger partial charge in [0.1, 0.15) is 17.1 Å². The van der Waals surface area contributed by atoms with Crippen LogP contribution in [0, 0.1) is 0 Å². The van der Waals surface area contributed by atoms with E-state index in [2.05, 4.69) is 21.4 Å². The van der Waals surface area contributed by atoms with Crippen LogP contribution < -0.4 is 0 Å². The fraction of sp³-hybridized carbons (Fsp3) is 0.444. The molecule has 1 aliphatic heterocycles. The number of fused-ring (bicyclic) bond motifs is 1. The van der Waals surface area contributed by atoms with Crippen LogP contribution in [0.3, 0.4) is 0 Å². The lowest BCUT2D eigenvalue weighted by Crippen LogP contribution is -2.35. The first-order chi connectivity index (χ1) is 11.3. The van der Waals surface area contributed by atoms with Crippen LogP contribution >= 0.6 is 0 Å². The van der Waals surface area contributed by atoms with E-state index in [4.69, 9.17) is 9.40 Å². The summed E-state index contributed by atoms with van der Waals surface area (Å²) in [6.07, 6.45) is 5.99. The topological polar surface area (TPSA) is 47.1 Å². The maximum atomic E-state index is 5.55. The summed E-state index contributed by atoms with van der Waals surface area (Å²) in [6, 6.07) is 7.94. The Bertz CT molecular complexity index is 778. The summed E-state index contributed by atoms with van der Waals surface area (Å²) in [5, 5.41) is 0. The van der Waals surface area contributed by atoms with Crippen LogP contribution in [0.25, 0.3) is 11.2 Å². The van der Waals surface area contributed by atoms with Crippen molar-refractivity contribution < 1.29 is 4.42 Å². The van der Waals surface area contributed by atoms with Crippen LogP contribution in [-0.2, 0) is 6.54 Å². The van der Waals surface area contributed by atoms with Crippen molar-refractivity contribution in [2.75, 3.05) is 19.6 Å². The monoisotopic (exact) mass is 310 g/mol. The maximum Gasteiger partial charge on any atom is 0.160 e. The van der Waals surface area contributed by atoms with Crippen molar-refractivity contribution >= 4 is 11.2 Å². The van der Waals surface area contributed by atoms with Gasteiger partial charge in [0.05, 0.1) is 12.8 Å². The Morgan fingerprint density at radius 1 is 1.30 bits per heavy atom. The van der Waals surface area contributed by atoms with Crippen molar-refractivity contribution in [3.05, 3.63) is 48.3 Å². The van der Waals surface area contributed by atoms with Gasteiger partial charge >= 0.3 is 0 Å². The van der Waals surface area contributed by atoms with Gasteiger partial charge in [-0.15, -0.1) is 0 Å². The molecule has 0 bridgehead atoms. The summed E-state index contributed by atoms with van der Waals surface area (Å²) < 4.78 is 7.79. The van der Waals surface area contributed by atoms with E-state index in [1.165, 1.54) is 19.4 Å². The third kappa shape index (κ3) is 2.77. The molecule has 1 fully saturated rings. The molecule has 3 aromatic heterocycles. The highest BCUT2D eigenvalue weighted by Gasteiger charge is 2.26. The SMILES string of the molecule is CCN1CCCC(c2nc3cccnc3n2Cc2ccco2)C1. The molecule has 1 aliphatic rings. The first-order valence-corrected chi connectivity index (χ1v) is 8.41. The van der Waals surface area contributed by atoms with E-state index >= 15 is 0 Å². The minimum Gasteiger partial charge on any atom is -0.467 e. The van der Waals surface area contributed by atoms with Crippen molar-refractivity contribution in [3.63, 3.8) is 0 Å². The summed E-state index contributed by atoms with van der Waals surface area (Å²) >= 11 is 0. The zero-order valence-corrected chi connectivity index (χ0v) is 13.5. The normalized spacial score (nSPS) is 19.4. The highest BCUT2D eigenvalue weighted by Crippen LogP contribution is 2.29. The van der Waals surface area contributed by atoms with Crippen LogP contribution in [0.1, 0.15) is 37.3 Å². The van der Waals surface area contributed by atoms with Gasteiger partial charge in [-0.1, -0.05) is 6.92 Å². The van der Waals surface area contributed by atoms with E-state index in [1.807, 2.05) is 30.5 Å². The van der Waals surface area contributed by atoms with Crippen molar-refractivity contribution in [3.8, 4) is 0 Å². The number of pyridine rings is 1. The summed E-state index contributed by atoms with van der Waals surface area (Å²) in [5.74, 6) is 2.56. The summed E-state index contributed by atoms with van der Waals surface area (Å²) in [6.45, 7) is 6.31. The van der Waals surface area contributed by atoms with Gasteiger partial charge in [0.15, 0.2) is 5.65 Å². The molecule has 23 heavy (non-hydrogen) atoms. The lowest BCUT2D eigenvalue weighted by atomic mass is 9.97. The third-order valence-electron chi connectivity index (χ3n) is 4.75. The molecule has 1 atom stereocenters. The molecule has 0 aliphatic carbocycles. The second-order valence-electron chi connectivity index (χ2n) is 6.21. The Hall–Kier alpha value is -2.14. The van der Waals surface area contributed by atoms with Gasteiger partial charge in [-0.05, 0) is 50.2 Å². The Kier molecular flexibility index (Phi) is 3.87. The lowest BCUT2D eigenvalue weighted by Gasteiger charge is -2.31. The number of piperidine rings is 1. The summed E-state index contributed by atoms with van der Waals surface area (Å²) in [4.78, 5) is 12.0. The smallest absolute Gasteiger partial charge is 0.160 e. The van der Waals surface area contributed by atoms with Crippen LogP contribution in [0.15, 0.2) is 41.1 Å². The van der Waals surface area contributed by atoms with Crippen molar-refractivity contribution in [2.24, 2.45) is 0 Å². The lowest BCUT2D eigenvalue weighted by molar-refractivity contribution is 0.212. The molecule has 0 amide bonds. The fourth-order valence-electron chi connectivity index (χ4n) is 3.56. The van der Waals surface area contributed by atoms with Crippen LogP contribution in [-0.4, -0.2) is 39.1 Å². The second kappa shape index (κ2) is 6.16. The number of rotatable bonds is 4. The molecule has 0 spiro atoms. The molecule has 0 N–H and O–H groups in total. The molecule has 4 rings (SSSR count). The van der Waals surface area contributed by atoms with Crippen LogP contribution in [0.5, 0.6) is 0 Å². The fourth-order valence-corrected chi connectivity index (χ4v) is 3.56. The Labute approximate surface area is 135 Å². The van der Waals surface area contributed by atoms with Crippen molar-refractivity contribution in [2.45, 2.75) is 32.2 Å². The van der Waals surface area contributed by atoms with Crippen LogP contribution in [0.4, 0.5) is 0 Å². The maximum absolute atomic E-state index is 5.55. The van der Waals surface area contributed by atoms with E-state index in [-0.39, 0.29) is 0 Å². The molecule has 120 valence electrons. The molecule has 0 aromatic carbocycles. The predicted octanol–water partition coefficient (Wildman–Crippen LogP) is 3.27. The van der Waals surface area contributed by atoms with Gasteiger partial charge in [-0.3, -0.25) is 0 Å². The highest BCUT2D eigenvalue weighted by atomic mass is 16.3. The quantitative estimate of drug-likeness (QED) is 0.742. The zero-order chi connectivity index (χ0) is 15.6. The number of hydrogen-bond acceptors (Lipinski definition) is 4. The third-order valence-corrected chi connectivity index (χ3v) is 4.75. The van der Waals surface area contributed by atoms with Crippen molar-refractivity contribution in [1.82, 2.24) is 19.4 Å². The van der Waals surface area contributed by atoms with E-state index in [0.29, 0.717) is 12.5 Å². The standard InChI is InChI=1S/C18H22N4O/c1-2-21-10-4-6-14(12-21)17-20-16-8-3-9-19-18(16)22(17)13-15-7-5-11-23-15/h3,5,7-9,11,14H,2,4,6,10,12-13H2,1H3. The Morgan fingerprint density at radius 3 is 3.09 bits per heavy atom. The van der Waals surface area contributed by atoms with E-state index in [1.54, 1.807) is 6.26 Å². The first kappa shape index (κ1) is 14.5. The largest absolute Gasteiger partial charge is 0.467 e. The number of hydrogen-bond donors (Lipinski definition) is 0. The van der Waals surface area contributed by atoms with Gasteiger partial charge in [-0.2, -0.15) is 0 Å². The molecular formula is C18H22N4O. The molecular weight excluding hydrogens is 288 g/mol. The molecule has 4 heterocycles. The van der Waals surface area contributed by atoms with Gasteiger partial charge in [0.2, 0.25) is 0 Å². The molecule has 5 heteroatoms. The average molecular weight is 310 g/mol. The van der Waals surface area contributed by atoms with Gasteiger partial charge in [0, 0.05) is 18.7 Å². The predicted molar refractivity (Wildman–Crippen MR) is 89.4 cm³/mol. The number of imidazole rings is 1. The summed E-state index contributed by atoms with van der Waals surface area (Å²) in [5.41, 5.74) is 1.93. The Balaban J connectivity index is 1.75. The molecule has 0 saturated carbocycles. The molecule has 5 nitrogen and oxygen atoms in total. The van der Waals surface area contributed by atoms with Gasteiger partial charge in [-0.25, -0.2) is 9.97 Å². The van der Waals surface area contributed by atoms with Crippen molar-refractivity contribution in [1.29, 1.82) is 0 Å². The molecule has 0 radical (unpaired) electrons. The van der Waals surface area contributed by atoms with Gasteiger partial charge in [0.25, 0.3) is 0 Å². The highest BCUT2D eigenvalue weighted by molar-refractivity contribution is 5.71. The van der Waals surface area contributed by atoms with Gasteiger partial charge < -0.3 is 13.9 Å². The molecule has 1 unspecified atom stereocenters. The zero-order valence-electron chi connectivity index (χ0n) is 13.5. The Morgan fingerprint density at radius 2 is 2.26 bits per heavy atom. The number of nitrogens with zero attached hydrogens (tertiary/aromatic N) is 4. The van der Waals surface area contributed by atoms with E-state index < -0.39 is 0 Å². The molecule has 1 saturated heterocycles. The number of likely N-dealkylation sites (tertiary alicyclic amines) is 1. The first-order valence-electron chi connectivity index (χ1n) is 8.41. The number of furan rings is 1. The van der Waals surface area contributed by atoms with E-state index in [0.717, 1.165) is 35.8 Å². The van der Waals surface area contributed by atoms with Crippen LogP contribution in [0.2, 0.25) is 0 Å². The minimum absolute atomic E-state index is 0.466. The number of likely N-dealkylation sites (N-methyl/N-ethyl adjacent to an activating group) is 1. The summed E-state index contributed by atoms with van der Waals surface area (Å²) in [7, 11) is 0. The average Bonchev–Trinajstić information content (AvgIpc) is 3.24. The minimum atomic E-state index is 0.466. The molecule has 3 aromatic rings. The van der Waals surface area contributed by atoms with E-state index in [9.17, 15) is 0 Å².